The van der Waals surface area contributed by atoms with E-state index in [9.17, 15) is 4.79 Å². The Morgan fingerprint density at radius 2 is 2.06 bits per heavy atom. The molecule has 0 aliphatic rings. The summed E-state index contributed by atoms with van der Waals surface area (Å²) in [6, 6.07) is 9.29. The number of nitrogens with zero attached hydrogens (tertiary/aromatic N) is 1. The summed E-state index contributed by atoms with van der Waals surface area (Å²) in [6.45, 7) is 3.78. The van der Waals surface area contributed by atoms with Crippen molar-refractivity contribution in [2.45, 2.75) is 13.8 Å². The van der Waals surface area contributed by atoms with Crippen molar-refractivity contribution in [2.24, 2.45) is 0 Å². The number of benzene rings is 1. The van der Waals surface area contributed by atoms with E-state index in [1.54, 1.807) is 12.3 Å². The first-order valence-electron chi connectivity index (χ1n) is 5.57. The average Bonchev–Trinajstić information content (AvgIpc) is 2.35. The van der Waals surface area contributed by atoms with Crippen LogP contribution < -0.4 is 5.32 Å². The second-order valence-corrected chi connectivity index (χ2v) is 4.97. The van der Waals surface area contributed by atoms with Gasteiger partial charge in [0, 0.05) is 16.2 Å². The number of anilines is 1. The molecule has 0 fully saturated rings. The fourth-order valence-electron chi connectivity index (χ4n) is 1.64. The average molecular weight is 305 g/mol. The van der Waals surface area contributed by atoms with E-state index < -0.39 is 0 Å². The molecule has 0 spiro atoms. The molecule has 1 amide bonds. The predicted molar refractivity (Wildman–Crippen MR) is 75.8 cm³/mol. The van der Waals surface area contributed by atoms with Crippen LogP contribution in [0.4, 0.5) is 5.69 Å². The van der Waals surface area contributed by atoms with Gasteiger partial charge < -0.3 is 5.32 Å². The maximum absolute atomic E-state index is 12.2. The van der Waals surface area contributed by atoms with Crippen LogP contribution in [-0.2, 0) is 0 Å². The third-order valence-corrected chi connectivity index (χ3v) is 3.19. The molecule has 1 heterocycles. The van der Waals surface area contributed by atoms with Crippen molar-refractivity contribution in [1.29, 1.82) is 0 Å². The number of aromatic nitrogens is 1. The Morgan fingerprint density at radius 1 is 1.28 bits per heavy atom. The Hall–Kier alpha value is -1.68. The van der Waals surface area contributed by atoms with E-state index in [0.717, 1.165) is 21.4 Å². The molecule has 0 atom stereocenters. The lowest BCUT2D eigenvalue weighted by atomic mass is 10.1. The van der Waals surface area contributed by atoms with Crippen LogP contribution in [0, 0.1) is 13.8 Å². The molecule has 4 heteroatoms. The van der Waals surface area contributed by atoms with Gasteiger partial charge in [0.15, 0.2) is 0 Å². The third-order valence-electron chi connectivity index (χ3n) is 2.70. The van der Waals surface area contributed by atoms with Gasteiger partial charge in [-0.1, -0.05) is 22.0 Å². The van der Waals surface area contributed by atoms with E-state index >= 15 is 0 Å². The predicted octanol–water partition coefficient (Wildman–Crippen LogP) is 3.71. The number of rotatable bonds is 2. The van der Waals surface area contributed by atoms with E-state index in [1.807, 2.05) is 38.1 Å². The van der Waals surface area contributed by atoms with Gasteiger partial charge in [-0.2, -0.15) is 0 Å². The van der Waals surface area contributed by atoms with E-state index in [-0.39, 0.29) is 5.91 Å². The summed E-state index contributed by atoms with van der Waals surface area (Å²) < 4.78 is 0.890. The standard InChI is InChI=1S/C14H13BrN2O/c1-9-5-6-11(15)8-12(9)14(18)17-13-4-3-7-16-10(13)2/h3-8H,1-2H3,(H,17,18). The SMILES string of the molecule is Cc1ccc(Br)cc1C(=O)Nc1cccnc1C. The lowest BCUT2D eigenvalue weighted by Crippen LogP contribution is -2.14. The minimum Gasteiger partial charge on any atom is -0.320 e. The molecule has 2 rings (SSSR count). The van der Waals surface area contributed by atoms with E-state index in [2.05, 4.69) is 26.2 Å². The van der Waals surface area contributed by atoms with Crippen LogP contribution in [0.3, 0.4) is 0 Å². The second kappa shape index (κ2) is 5.31. The number of pyridine rings is 1. The van der Waals surface area contributed by atoms with Gasteiger partial charge >= 0.3 is 0 Å². The number of halogens is 1. The molecular formula is C14H13BrN2O. The highest BCUT2D eigenvalue weighted by molar-refractivity contribution is 9.10. The summed E-state index contributed by atoms with van der Waals surface area (Å²) in [6.07, 6.45) is 1.70. The first-order chi connectivity index (χ1) is 8.58. The smallest absolute Gasteiger partial charge is 0.256 e. The van der Waals surface area contributed by atoms with Crippen LogP contribution in [0.5, 0.6) is 0 Å². The van der Waals surface area contributed by atoms with Crippen molar-refractivity contribution in [3.8, 4) is 0 Å². The van der Waals surface area contributed by atoms with Crippen molar-refractivity contribution in [3.05, 3.63) is 57.8 Å². The summed E-state index contributed by atoms with van der Waals surface area (Å²) in [4.78, 5) is 16.3. The summed E-state index contributed by atoms with van der Waals surface area (Å²) in [5.74, 6) is -0.120. The fourth-order valence-corrected chi connectivity index (χ4v) is 2.01. The van der Waals surface area contributed by atoms with Gasteiger partial charge in [-0.15, -0.1) is 0 Å². The van der Waals surface area contributed by atoms with Crippen LogP contribution in [0.2, 0.25) is 0 Å². The molecule has 0 bridgehead atoms. The number of aryl methyl sites for hydroxylation is 2. The number of amides is 1. The highest BCUT2D eigenvalue weighted by Gasteiger charge is 2.10. The first-order valence-corrected chi connectivity index (χ1v) is 6.36. The van der Waals surface area contributed by atoms with Gasteiger partial charge in [0.05, 0.1) is 11.4 Å². The maximum Gasteiger partial charge on any atom is 0.256 e. The van der Waals surface area contributed by atoms with Crippen LogP contribution in [0.15, 0.2) is 41.0 Å². The van der Waals surface area contributed by atoms with Crippen molar-refractivity contribution in [1.82, 2.24) is 4.98 Å². The van der Waals surface area contributed by atoms with Gasteiger partial charge in [-0.25, -0.2) is 0 Å². The molecule has 0 aliphatic carbocycles. The van der Waals surface area contributed by atoms with E-state index in [4.69, 9.17) is 0 Å². The summed E-state index contributed by atoms with van der Waals surface area (Å²) in [7, 11) is 0. The molecule has 2 aromatic rings. The molecule has 92 valence electrons. The largest absolute Gasteiger partial charge is 0.320 e. The molecular weight excluding hydrogens is 292 g/mol. The summed E-state index contributed by atoms with van der Waals surface area (Å²) >= 11 is 3.37. The molecule has 1 aromatic carbocycles. The molecule has 1 aromatic heterocycles. The molecule has 0 unspecified atom stereocenters. The highest BCUT2D eigenvalue weighted by Crippen LogP contribution is 2.18. The Labute approximate surface area is 114 Å². The van der Waals surface area contributed by atoms with Crippen molar-refractivity contribution >= 4 is 27.5 Å². The zero-order valence-corrected chi connectivity index (χ0v) is 11.8. The van der Waals surface area contributed by atoms with Gasteiger partial charge in [0.25, 0.3) is 5.91 Å². The monoisotopic (exact) mass is 304 g/mol. The zero-order chi connectivity index (χ0) is 13.1. The minimum atomic E-state index is -0.120. The maximum atomic E-state index is 12.2. The van der Waals surface area contributed by atoms with Gasteiger partial charge in [-0.3, -0.25) is 9.78 Å². The lowest BCUT2D eigenvalue weighted by molar-refractivity contribution is 0.102. The first kappa shape index (κ1) is 12.8. The molecule has 0 aliphatic heterocycles. The topological polar surface area (TPSA) is 42.0 Å². The van der Waals surface area contributed by atoms with Crippen LogP contribution in [-0.4, -0.2) is 10.9 Å². The molecule has 18 heavy (non-hydrogen) atoms. The highest BCUT2D eigenvalue weighted by atomic mass is 79.9. The summed E-state index contributed by atoms with van der Waals surface area (Å²) in [5, 5.41) is 2.87. The molecule has 0 saturated heterocycles. The third kappa shape index (κ3) is 2.76. The number of hydrogen-bond donors (Lipinski definition) is 1. The molecule has 3 nitrogen and oxygen atoms in total. The Morgan fingerprint density at radius 3 is 2.78 bits per heavy atom. The normalized spacial score (nSPS) is 10.2. The number of carbonyl (C=O) groups is 1. The van der Waals surface area contributed by atoms with Gasteiger partial charge in [-0.05, 0) is 43.7 Å². The Balaban J connectivity index is 2.28. The minimum absolute atomic E-state index is 0.120. The van der Waals surface area contributed by atoms with Crippen LogP contribution >= 0.6 is 15.9 Å². The molecule has 0 saturated carbocycles. The molecule has 1 N–H and O–H groups in total. The number of nitrogens with one attached hydrogen (secondary N) is 1. The lowest BCUT2D eigenvalue weighted by Gasteiger charge is -2.09. The van der Waals surface area contributed by atoms with E-state index in [1.165, 1.54) is 0 Å². The van der Waals surface area contributed by atoms with Crippen LogP contribution in [0.25, 0.3) is 0 Å². The van der Waals surface area contributed by atoms with Gasteiger partial charge in [0.2, 0.25) is 0 Å². The van der Waals surface area contributed by atoms with Crippen molar-refractivity contribution < 1.29 is 4.79 Å². The Kier molecular flexibility index (Phi) is 3.77. The van der Waals surface area contributed by atoms with Crippen molar-refractivity contribution in [2.75, 3.05) is 5.32 Å². The summed E-state index contributed by atoms with van der Waals surface area (Å²) in [5.41, 5.74) is 3.14. The number of hydrogen-bond acceptors (Lipinski definition) is 2. The van der Waals surface area contributed by atoms with Crippen LogP contribution in [0.1, 0.15) is 21.6 Å². The molecule has 0 radical (unpaired) electrons. The van der Waals surface area contributed by atoms with E-state index in [0.29, 0.717) is 5.56 Å². The Bertz CT molecular complexity index is 596. The zero-order valence-electron chi connectivity index (χ0n) is 10.2. The van der Waals surface area contributed by atoms with Gasteiger partial charge in [0.1, 0.15) is 0 Å². The van der Waals surface area contributed by atoms with Crippen molar-refractivity contribution in [3.63, 3.8) is 0 Å². The quantitative estimate of drug-likeness (QED) is 0.919. The number of carbonyl (C=O) groups excluding carboxylic acids is 1. The fraction of sp³-hybridized carbons (Fsp3) is 0.143. The second-order valence-electron chi connectivity index (χ2n) is 4.05.